The monoisotopic (exact) mass is 359 g/mol. The summed E-state index contributed by atoms with van der Waals surface area (Å²) in [5.74, 6) is -1.66. The van der Waals surface area contributed by atoms with Crippen LogP contribution in [0.4, 0.5) is 4.79 Å². The number of hydrogen-bond donors (Lipinski definition) is 2. The van der Waals surface area contributed by atoms with E-state index in [0.717, 1.165) is 5.56 Å². The van der Waals surface area contributed by atoms with Crippen molar-refractivity contribution in [1.29, 1.82) is 5.26 Å². The molecule has 0 saturated carbocycles. The van der Waals surface area contributed by atoms with Gasteiger partial charge in [-0.05, 0) is 44.9 Å². The third-order valence-corrected chi connectivity index (χ3v) is 4.21. The number of nitriles is 1. The fourth-order valence-electron chi connectivity index (χ4n) is 2.94. The first kappa shape index (κ1) is 19.7. The minimum atomic E-state index is -0.943. The summed E-state index contributed by atoms with van der Waals surface area (Å²) in [6.45, 7) is 6.36. The Kier molecular flexibility index (Phi) is 6.22. The molecule has 26 heavy (non-hydrogen) atoms. The van der Waals surface area contributed by atoms with E-state index in [9.17, 15) is 14.7 Å². The maximum absolute atomic E-state index is 12.2. The van der Waals surface area contributed by atoms with Crippen LogP contribution in [0.5, 0.6) is 0 Å². The quantitative estimate of drug-likeness (QED) is 0.855. The second kappa shape index (κ2) is 8.19. The Hall–Kier alpha value is -2.59. The van der Waals surface area contributed by atoms with Crippen LogP contribution < -0.4 is 5.32 Å². The van der Waals surface area contributed by atoms with Crippen LogP contribution in [0.15, 0.2) is 24.3 Å². The summed E-state index contributed by atoms with van der Waals surface area (Å²) in [6.07, 6.45) is 0.0395. The summed E-state index contributed by atoms with van der Waals surface area (Å²) >= 11 is 0. The lowest BCUT2D eigenvalue weighted by atomic mass is 9.92. The molecule has 1 aromatic carbocycles. The highest BCUT2D eigenvalue weighted by molar-refractivity contribution is 5.74. The molecule has 0 radical (unpaired) electrons. The molecule has 0 aliphatic carbocycles. The minimum Gasteiger partial charge on any atom is -0.481 e. The Bertz CT molecular complexity index is 705. The maximum Gasteiger partial charge on any atom is 0.410 e. The summed E-state index contributed by atoms with van der Waals surface area (Å²) < 4.78 is 5.34. The first-order valence-electron chi connectivity index (χ1n) is 8.63. The zero-order chi connectivity index (χ0) is 19.3. The van der Waals surface area contributed by atoms with E-state index in [1.54, 1.807) is 39.0 Å². The molecule has 2 rings (SSSR count). The van der Waals surface area contributed by atoms with Gasteiger partial charge in [0.25, 0.3) is 0 Å². The normalized spacial score (nSPS) is 20.3. The largest absolute Gasteiger partial charge is 0.481 e. The number of ether oxygens (including phenoxy) is 1. The van der Waals surface area contributed by atoms with Gasteiger partial charge in [0.1, 0.15) is 5.60 Å². The summed E-state index contributed by atoms with van der Waals surface area (Å²) in [6, 6.07) is 9.03. The van der Waals surface area contributed by atoms with Crippen molar-refractivity contribution in [3.8, 4) is 6.07 Å². The molecule has 2 N–H and O–H groups in total. The number of likely N-dealkylation sites (tertiary alicyclic amines) is 1. The van der Waals surface area contributed by atoms with E-state index < -0.39 is 23.6 Å². The molecule has 7 heteroatoms. The Morgan fingerprint density at radius 3 is 2.77 bits per heavy atom. The third kappa shape index (κ3) is 5.46. The van der Waals surface area contributed by atoms with Crippen molar-refractivity contribution >= 4 is 12.1 Å². The molecule has 1 aliphatic rings. The topological polar surface area (TPSA) is 103 Å². The molecular formula is C19H25N3O4. The number of carbonyl (C=O) groups is 2. The number of nitrogens with zero attached hydrogens (tertiary/aromatic N) is 2. The van der Waals surface area contributed by atoms with Crippen molar-refractivity contribution in [2.45, 2.75) is 45.4 Å². The molecule has 140 valence electrons. The van der Waals surface area contributed by atoms with Gasteiger partial charge in [0, 0.05) is 25.7 Å². The number of benzene rings is 1. The lowest BCUT2D eigenvalue weighted by Gasteiger charge is -2.37. The molecule has 1 fully saturated rings. The van der Waals surface area contributed by atoms with Crippen LogP contribution in [0.1, 0.15) is 38.3 Å². The van der Waals surface area contributed by atoms with Gasteiger partial charge in [0.05, 0.1) is 17.6 Å². The van der Waals surface area contributed by atoms with Gasteiger partial charge in [-0.1, -0.05) is 12.1 Å². The molecule has 0 bridgehead atoms. The lowest BCUT2D eigenvalue weighted by Crippen LogP contribution is -2.54. The number of amides is 1. The summed E-state index contributed by atoms with van der Waals surface area (Å²) in [5.41, 5.74) is 0.873. The first-order chi connectivity index (χ1) is 12.2. The standard InChI is InChI=1S/C19H25N3O4/c1-19(2,3)26-18(25)22-8-7-16(15(12-22)17(23)24)21-11-14-6-4-5-13(9-14)10-20/h4-6,9,15-16,21H,7-8,11-12H2,1-3H3,(H,23,24)/t15-,16+/m1/s1. The SMILES string of the molecule is CC(C)(C)OC(=O)N1CC[C@H](NCc2cccc(C#N)c2)[C@H](C(=O)O)C1. The number of carboxylic acids is 1. The van der Waals surface area contributed by atoms with Crippen LogP contribution in [0.2, 0.25) is 0 Å². The molecule has 0 unspecified atom stereocenters. The van der Waals surface area contributed by atoms with E-state index in [-0.39, 0.29) is 12.6 Å². The number of hydrogen-bond acceptors (Lipinski definition) is 5. The zero-order valence-electron chi connectivity index (χ0n) is 15.4. The molecule has 0 spiro atoms. The van der Waals surface area contributed by atoms with E-state index >= 15 is 0 Å². The van der Waals surface area contributed by atoms with Gasteiger partial charge in [-0.25, -0.2) is 4.79 Å². The second-order valence-corrected chi connectivity index (χ2v) is 7.46. The van der Waals surface area contributed by atoms with E-state index in [0.29, 0.717) is 25.1 Å². The van der Waals surface area contributed by atoms with Crippen LogP contribution in [-0.4, -0.2) is 46.8 Å². The van der Waals surface area contributed by atoms with Crippen molar-refractivity contribution < 1.29 is 19.4 Å². The Balaban J connectivity index is 1.99. The van der Waals surface area contributed by atoms with Crippen LogP contribution in [0.3, 0.4) is 0 Å². The maximum atomic E-state index is 12.2. The number of piperidine rings is 1. The van der Waals surface area contributed by atoms with Gasteiger partial charge in [-0.2, -0.15) is 5.26 Å². The van der Waals surface area contributed by atoms with Gasteiger partial charge in [0.2, 0.25) is 0 Å². The van der Waals surface area contributed by atoms with Gasteiger partial charge >= 0.3 is 12.1 Å². The van der Waals surface area contributed by atoms with E-state index in [2.05, 4.69) is 11.4 Å². The third-order valence-electron chi connectivity index (χ3n) is 4.21. The lowest BCUT2D eigenvalue weighted by molar-refractivity contribution is -0.144. The van der Waals surface area contributed by atoms with Crippen molar-refractivity contribution in [3.05, 3.63) is 35.4 Å². The molecular weight excluding hydrogens is 334 g/mol. The average molecular weight is 359 g/mol. The smallest absolute Gasteiger partial charge is 0.410 e. The Labute approximate surface area is 153 Å². The Morgan fingerprint density at radius 1 is 1.42 bits per heavy atom. The predicted molar refractivity (Wildman–Crippen MR) is 95.3 cm³/mol. The van der Waals surface area contributed by atoms with Crippen molar-refractivity contribution in [1.82, 2.24) is 10.2 Å². The van der Waals surface area contributed by atoms with Crippen molar-refractivity contribution in [2.24, 2.45) is 5.92 Å². The van der Waals surface area contributed by atoms with Gasteiger partial charge in [-0.15, -0.1) is 0 Å². The van der Waals surface area contributed by atoms with E-state index in [1.807, 2.05) is 6.07 Å². The molecule has 1 heterocycles. The summed E-state index contributed by atoms with van der Waals surface area (Å²) in [4.78, 5) is 25.3. The molecule has 7 nitrogen and oxygen atoms in total. The molecule has 1 aliphatic heterocycles. The fourth-order valence-corrected chi connectivity index (χ4v) is 2.94. The van der Waals surface area contributed by atoms with Crippen molar-refractivity contribution in [3.63, 3.8) is 0 Å². The number of rotatable bonds is 4. The molecule has 0 aromatic heterocycles. The highest BCUT2D eigenvalue weighted by Crippen LogP contribution is 2.21. The highest BCUT2D eigenvalue weighted by atomic mass is 16.6. The second-order valence-electron chi connectivity index (χ2n) is 7.46. The van der Waals surface area contributed by atoms with Gasteiger partial charge in [-0.3, -0.25) is 4.79 Å². The minimum absolute atomic E-state index is 0.111. The fraction of sp³-hybridized carbons (Fsp3) is 0.526. The van der Waals surface area contributed by atoms with E-state index in [1.165, 1.54) is 4.90 Å². The first-order valence-corrected chi connectivity index (χ1v) is 8.63. The van der Waals surface area contributed by atoms with Crippen molar-refractivity contribution in [2.75, 3.05) is 13.1 Å². The number of carboxylic acid groups (broad SMARTS) is 1. The van der Waals surface area contributed by atoms with E-state index in [4.69, 9.17) is 10.00 Å². The highest BCUT2D eigenvalue weighted by Gasteiger charge is 2.37. The predicted octanol–water partition coefficient (Wildman–Crippen LogP) is 2.36. The number of aliphatic carboxylic acids is 1. The summed E-state index contributed by atoms with van der Waals surface area (Å²) in [7, 11) is 0. The van der Waals surface area contributed by atoms with Gasteiger partial charge < -0.3 is 20.1 Å². The van der Waals surface area contributed by atoms with Gasteiger partial charge in [0.15, 0.2) is 0 Å². The summed E-state index contributed by atoms with van der Waals surface area (Å²) in [5, 5.41) is 21.8. The number of carbonyl (C=O) groups excluding carboxylic acids is 1. The Morgan fingerprint density at radius 2 is 2.15 bits per heavy atom. The average Bonchev–Trinajstić information content (AvgIpc) is 2.58. The molecule has 1 aromatic rings. The van der Waals surface area contributed by atoms with Crippen LogP contribution in [0, 0.1) is 17.2 Å². The van der Waals surface area contributed by atoms with Crippen LogP contribution >= 0.6 is 0 Å². The molecule has 1 amide bonds. The zero-order valence-corrected chi connectivity index (χ0v) is 15.4. The molecule has 2 atom stereocenters. The van der Waals surface area contributed by atoms with Crippen LogP contribution in [-0.2, 0) is 16.1 Å². The molecule has 1 saturated heterocycles. The number of nitrogens with one attached hydrogen (secondary N) is 1. The van der Waals surface area contributed by atoms with Crippen LogP contribution in [0.25, 0.3) is 0 Å².